The van der Waals surface area contributed by atoms with Crippen LogP contribution in [-0.4, -0.2) is 47.8 Å². The fourth-order valence-corrected chi connectivity index (χ4v) is 4.29. The van der Waals surface area contributed by atoms with Crippen molar-refractivity contribution in [1.29, 1.82) is 0 Å². The second-order valence-electron chi connectivity index (χ2n) is 8.62. The van der Waals surface area contributed by atoms with E-state index in [1.54, 1.807) is 0 Å². The van der Waals surface area contributed by atoms with Crippen LogP contribution in [0.1, 0.15) is 60.3 Å². The lowest BCUT2D eigenvalue weighted by molar-refractivity contribution is 0.0154. The molecule has 1 saturated carbocycles. The van der Waals surface area contributed by atoms with Gasteiger partial charge in [-0.3, -0.25) is 0 Å². The number of nitrogens with one attached hydrogen (secondary N) is 1. The largest absolute Gasteiger partial charge is 0.396 e. The van der Waals surface area contributed by atoms with Crippen LogP contribution in [0.25, 0.3) is 0 Å². The smallest absolute Gasteiger partial charge is 0.0446 e. The monoisotopic (exact) mass is 296 g/mol. The molecule has 3 unspecified atom stereocenters. The van der Waals surface area contributed by atoms with Crippen molar-refractivity contribution in [2.24, 2.45) is 17.3 Å². The van der Waals surface area contributed by atoms with Crippen LogP contribution >= 0.6 is 0 Å². The summed E-state index contributed by atoms with van der Waals surface area (Å²) >= 11 is 0. The summed E-state index contributed by atoms with van der Waals surface area (Å²) in [5, 5.41) is 13.4. The van der Waals surface area contributed by atoms with E-state index < -0.39 is 0 Å². The second kappa shape index (κ2) is 6.97. The Hall–Kier alpha value is -0.120. The standard InChI is InChI=1S/C18H36N2O/c1-13(2)20-11-14-7-6-8-15(12-20)17(14)19-16(9-10-21)18(3,4)5/h13-17,19,21H,6-12H2,1-5H3. The number of fused-ring (bicyclic) bond motifs is 2. The van der Waals surface area contributed by atoms with Crippen molar-refractivity contribution in [2.45, 2.75) is 78.4 Å². The SMILES string of the molecule is CC(C)N1CC2CCCC(C1)C2NC(CCO)C(C)(C)C. The Balaban J connectivity index is 2.05. The Morgan fingerprint density at radius 1 is 1.14 bits per heavy atom. The number of hydrogen-bond acceptors (Lipinski definition) is 3. The van der Waals surface area contributed by atoms with E-state index in [0.29, 0.717) is 18.1 Å². The van der Waals surface area contributed by atoms with Crippen LogP contribution < -0.4 is 5.32 Å². The Kier molecular flexibility index (Phi) is 5.72. The lowest BCUT2D eigenvalue weighted by Crippen LogP contribution is -2.61. The maximum Gasteiger partial charge on any atom is 0.0446 e. The molecule has 0 aromatic rings. The highest BCUT2D eigenvalue weighted by Gasteiger charge is 2.41. The molecule has 3 nitrogen and oxygen atoms in total. The molecule has 0 spiro atoms. The van der Waals surface area contributed by atoms with Gasteiger partial charge in [0.25, 0.3) is 0 Å². The van der Waals surface area contributed by atoms with Crippen LogP contribution in [-0.2, 0) is 0 Å². The molecule has 21 heavy (non-hydrogen) atoms. The van der Waals surface area contributed by atoms with E-state index in [2.05, 4.69) is 44.8 Å². The fourth-order valence-electron chi connectivity index (χ4n) is 4.29. The molecule has 0 aromatic heterocycles. The van der Waals surface area contributed by atoms with Gasteiger partial charge in [-0.25, -0.2) is 0 Å². The van der Waals surface area contributed by atoms with Gasteiger partial charge < -0.3 is 15.3 Å². The normalized spacial score (nSPS) is 32.4. The highest BCUT2D eigenvalue weighted by molar-refractivity contribution is 4.98. The maximum absolute atomic E-state index is 9.40. The lowest BCUT2D eigenvalue weighted by Gasteiger charge is -2.51. The molecule has 124 valence electrons. The number of aliphatic hydroxyl groups excluding tert-OH is 1. The number of likely N-dealkylation sites (tertiary alicyclic amines) is 1. The van der Waals surface area contributed by atoms with Crippen molar-refractivity contribution >= 4 is 0 Å². The maximum atomic E-state index is 9.40. The molecule has 0 amide bonds. The van der Waals surface area contributed by atoms with Crippen molar-refractivity contribution < 1.29 is 5.11 Å². The summed E-state index contributed by atoms with van der Waals surface area (Å²) in [7, 11) is 0. The molecule has 1 aliphatic heterocycles. The van der Waals surface area contributed by atoms with Gasteiger partial charge >= 0.3 is 0 Å². The van der Waals surface area contributed by atoms with Crippen molar-refractivity contribution in [2.75, 3.05) is 19.7 Å². The molecule has 1 aliphatic carbocycles. The Morgan fingerprint density at radius 2 is 1.71 bits per heavy atom. The van der Waals surface area contributed by atoms with Gasteiger partial charge in [0.1, 0.15) is 0 Å². The van der Waals surface area contributed by atoms with E-state index in [1.165, 1.54) is 32.4 Å². The van der Waals surface area contributed by atoms with E-state index in [-0.39, 0.29) is 12.0 Å². The van der Waals surface area contributed by atoms with Crippen molar-refractivity contribution in [3.8, 4) is 0 Å². The minimum atomic E-state index is 0.214. The number of piperidine rings is 1. The molecule has 2 fully saturated rings. The predicted molar refractivity (Wildman–Crippen MR) is 89.4 cm³/mol. The molecule has 0 aromatic carbocycles. The topological polar surface area (TPSA) is 35.5 Å². The van der Waals surface area contributed by atoms with Crippen LogP contribution in [0.4, 0.5) is 0 Å². The summed E-state index contributed by atoms with van der Waals surface area (Å²) in [5.74, 6) is 1.59. The fraction of sp³-hybridized carbons (Fsp3) is 1.00. The summed E-state index contributed by atoms with van der Waals surface area (Å²) in [6, 6.07) is 1.75. The van der Waals surface area contributed by atoms with Crippen LogP contribution in [0.15, 0.2) is 0 Å². The van der Waals surface area contributed by atoms with E-state index in [1.807, 2.05) is 0 Å². The number of aliphatic hydroxyl groups is 1. The zero-order valence-corrected chi connectivity index (χ0v) is 14.7. The first-order chi connectivity index (χ1) is 9.82. The molecule has 2 N–H and O–H groups in total. The third-order valence-electron chi connectivity index (χ3n) is 5.69. The van der Waals surface area contributed by atoms with Crippen LogP contribution in [0, 0.1) is 17.3 Å². The molecule has 1 heterocycles. The molecule has 2 aliphatic rings. The van der Waals surface area contributed by atoms with Gasteiger partial charge in [0, 0.05) is 37.8 Å². The Morgan fingerprint density at radius 3 is 2.14 bits per heavy atom. The van der Waals surface area contributed by atoms with Gasteiger partial charge in [0.15, 0.2) is 0 Å². The molecule has 2 bridgehead atoms. The second-order valence-corrected chi connectivity index (χ2v) is 8.62. The predicted octanol–water partition coefficient (Wildman–Crippen LogP) is 2.88. The number of hydrogen-bond donors (Lipinski definition) is 2. The molecule has 3 heteroatoms. The third kappa shape index (κ3) is 4.20. The number of rotatable bonds is 5. The van der Waals surface area contributed by atoms with E-state index >= 15 is 0 Å². The minimum Gasteiger partial charge on any atom is -0.396 e. The summed E-state index contributed by atoms with van der Waals surface area (Å²) < 4.78 is 0. The quantitative estimate of drug-likeness (QED) is 0.819. The van der Waals surface area contributed by atoms with Crippen molar-refractivity contribution in [3.05, 3.63) is 0 Å². The van der Waals surface area contributed by atoms with Gasteiger partial charge in [0.05, 0.1) is 0 Å². The van der Waals surface area contributed by atoms with Crippen LogP contribution in [0.5, 0.6) is 0 Å². The van der Waals surface area contributed by atoms with Crippen molar-refractivity contribution in [1.82, 2.24) is 10.2 Å². The van der Waals surface area contributed by atoms with Crippen LogP contribution in [0.3, 0.4) is 0 Å². The molecule has 3 atom stereocenters. The first-order valence-corrected chi connectivity index (χ1v) is 8.94. The van der Waals surface area contributed by atoms with Gasteiger partial charge in [-0.1, -0.05) is 27.2 Å². The average molecular weight is 296 g/mol. The molecule has 0 radical (unpaired) electrons. The summed E-state index contributed by atoms with van der Waals surface area (Å²) in [6.07, 6.45) is 5.01. The van der Waals surface area contributed by atoms with Gasteiger partial charge in [-0.05, 0) is 50.4 Å². The van der Waals surface area contributed by atoms with Crippen molar-refractivity contribution in [3.63, 3.8) is 0 Å². The molecular formula is C18H36N2O. The van der Waals surface area contributed by atoms with Crippen LogP contribution in [0.2, 0.25) is 0 Å². The summed E-state index contributed by atoms with van der Waals surface area (Å²) in [4.78, 5) is 2.67. The van der Waals surface area contributed by atoms with E-state index in [9.17, 15) is 5.11 Å². The molecule has 2 rings (SSSR count). The highest BCUT2D eigenvalue weighted by Crippen LogP contribution is 2.37. The first-order valence-electron chi connectivity index (χ1n) is 8.94. The van der Waals surface area contributed by atoms with Gasteiger partial charge in [0.2, 0.25) is 0 Å². The lowest BCUT2D eigenvalue weighted by atomic mass is 9.72. The Labute approximate surface area is 131 Å². The molecule has 1 saturated heterocycles. The average Bonchev–Trinajstić information content (AvgIpc) is 2.36. The zero-order valence-electron chi connectivity index (χ0n) is 14.7. The number of nitrogens with zero attached hydrogens (tertiary/aromatic N) is 1. The Bertz CT molecular complexity index is 310. The first kappa shape index (κ1) is 17.2. The van der Waals surface area contributed by atoms with E-state index in [0.717, 1.165) is 18.3 Å². The summed E-state index contributed by atoms with van der Waals surface area (Å²) in [5.41, 5.74) is 0.214. The summed E-state index contributed by atoms with van der Waals surface area (Å²) in [6.45, 7) is 14.3. The van der Waals surface area contributed by atoms with E-state index in [4.69, 9.17) is 0 Å². The van der Waals surface area contributed by atoms with Gasteiger partial charge in [-0.15, -0.1) is 0 Å². The van der Waals surface area contributed by atoms with Gasteiger partial charge in [-0.2, -0.15) is 0 Å². The molecular weight excluding hydrogens is 260 g/mol. The minimum absolute atomic E-state index is 0.214. The third-order valence-corrected chi connectivity index (χ3v) is 5.69. The highest BCUT2D eigenvalue weighted by atomic mass is 16.3. The zero-order chi connectivity index (χ0) is 15.6.